The van der Waals surface area contributed by atoms with Gasteiger partial charge in [-0.15, -0.1) is 0 Å². The Balaban J connectivity index is 1.17. The lowest BCUT2D eigenvalue weighted by Gasteiger charge is -2.32. The first-order valence-electron chi connectivity index (χ1n) is 16.1. The van der Waals surface area contributed by atoms with Gasteiger partial charge in [-0.2, -0.15) is 0 Å². The Bertz CT molecular complexity index is 2580. The summed E-state index contributed by atoms with van der Waals surface area (Å²) in [6.07, 6.45) is 0. The van der Waals surface area contributed by atoms with Crippen molar-refractivity contribution >= 4 is 49.9 Å². The standard InChI is InChI=1S/C43H28N4O/c1-3-13-30(14-4-1)46-38-21-11-12-22-41(38)48-42-27-35-39(28-40(42)46)47(31-15-5-2-6-16-31)43(44-35)29-23-25-32(26-24-29)45-36-19-9-7-17-33(36)34-18-8-10-20-37(34)45/h1-28H. The molecule has 5 nitrogen and oxygen atoms in total. The number of aromatic nitrogens is 3. The maximum Gasteiger partial charge on any atom is 0.153 e. The van der Waals surface area contributed by atoms with Crippen LogP contribution in [-0.4, -0.2) is 14.1 Å². The fraction of sp³-hybridized carbons (Fsp3) is 0. The zero-order chi connectivity index (χ0) is 31.6. The van der Waals surface area contributed by atoms with Crippen molar-refractivity contribution < 1.29 is 4.74 Å². The third-order valence-electron chi connectivity index (χ3n) is 9.29. The number of anilines is 3. The molecule has 0 bridgehead atoms. The molecule has 9 aromatic rings. The highest BCUT2D eigenvalue weighted by Crippen LogP contribution is 2.51. The van der Waals surface area contributed by atoms with E-state index < -0.39 is 0 Å². The number of fused-ring (bicyclic) bond motifs is 6. The number of hydrogen-bond acceptors (Lipinski definition) is 3. The topological polar surface area (TPSA) is 35.2 Å². The number of imidazole rings is 1. The smallest absolute Gasteiger partial charge is 0.153 e. The second-order valence-electron chi connectivity index (χ2n) is 12.1. The Morgan fingerprint density at radius 3 is 1.71 bits per heavy atom. The molecule has 0 saturated carbocycles. The first-order valence-corrected chi connectivity index (χ1v) is 16.1. The lowest BCUT2D eigenvalue weighted by atomic mass is 10.1. The zero-order valence-electron chi connectivity index (χ0n) is 25.9. The average molecular weight is 617 g/mol. The van der Waals surface area contributed by atoms with Gasteiger partial charge < -0.3 is 14.2 Å². The van der Waals surface area contributed by atoms with Gasteiger partial charge in [-0.05, 0) is 78.9 Å². The summed E-state index contributed by atoms with van der Waals surface area (Å²) in [6.45, 7) is 0. The van der Waals surface area contributed by atoms with Crippen molar-refractivity contribution in [3.05, 3.63) is 170 Å². The molecule has 0 fully saturated rings. The van der Waals surface area contributed by atoms with Crippen molar-refractivity contribution in [2.45, 2.75) is 0 Å². The van der Waals surface area contributed by atoms with Crippen molar-refractivity contribution in [3.8, 4) is 34.3 Å². The number of ether oxygens (including phenoxy) is 1. The quantitative estimate of drug-likeness (QED) is 0.197. The fourth-order valence-electron chi connectivity index (χ4n) is 7.17. The van der Waals surface area contributed by atoms with Gasteiger partial charge in [-0.3, -0.25) is 4.57 Å². The fourth-order valence-corrected chi connectivity index (χ4v) is 7.17. The second-order valence-corrected chi connectivity index (χ2v) is 12.1. The number of benzene rings is 7. The lowest BCUT2D eigenvalue weighted by Crippen LogP contribution is -2.15. The Labute approximate surface area is 277 Å². The zero-order valence-corrected chi connectivity index (χ0v) is 25.9. The van der Waals surface area contributed by atoms with Crippen LogP contribution in [0.15, 0.2) is 170 Å². The molecule has 0 unspecified atom stereocenters. The molecule has 0 amide bonds. The summed E-state index contributed by atoms with van der Waals surface area (Å²) in [7, 11) is 0. The molecule has 226 valence electrons. The molecule has 0 N–H and O–H groups in total. The second kappa shape index (κ2) is 10.5. The van der Waals surface area contributed by atoms with Crippen LogP contribution in [0, 0.1) is 0 Å². The molecule has 3 heterocycles. The normalized spacial score (nSPS) is 12.3. The van der Waals surface area contributed by atoms with Gasteiger partial charge >= 0.3 is 0 Å². The Morgan fingerprint density at radius 2 is 1.00 bits per heavy atom. The summed E-state index contributed by atoms with van der Waals surface area (Å²) in [5.41, 5.74) is 10.5. The SMILES string of the molecule is c1ccc(N2c3ccccc3Oc3cc4nc(-c5ccc(-n6c7ccccc7c7ccccc76)cc5)n(-c5ccccc5)c4cc32)cc1. The summed E-state index contributed by atoms with van der Waals surface area (Å²) in [4.78, 5) is 7.55. The molecule has 1 aliphatic heterocycles. The van der Waals surface area contributed by atoms with Gasteiger partial charge in [0.25, 0.3) is 0 Å². The van der Waals surface area contributed by atoms with E-state index in [0.717, 1.165) is 62.4 Å². The Hall–Kier alpha value is -6.59. The van der Waals surface area contributed by atoms with Crippen molar-refractivity contribution in [1.82, 2.24) is 14.1 Å². The lowest BCUT2D eigenvalue weighted by molar-refractivity contribution is 0.477. The molecule has 0 saturated heterocycles. The van der Waals surface area contributed by atoms with Crippen LogP contribution in [0.25, 0.3) is 55.6 Å². The minimum Gasteiger partial charge on any atom is -0.453 e. The van der Waals surface area contributed by atoms with Gasteiger partial charge in [0.05, 0.1) is 33.4 Å². The molecule has 0 radical (unpaired) electrons. The summed E-state index contributed by atoms with van der Waals surface area (Å²) >= 11 is 0. The summed E-state index contributed by atoms with van der Waals surface area (Å²) in [5, 5.41) is 2.50. The van der Waals surface area contributed by atoms with E-state index >= 15 is 0 Å². The Kier molecular flexibility index (Phi) is 5.81. The van der Waals surface area contributed by atoms with E-state index in [1.165, 1.54) is 21.8 Å². The highest BCUT2D eigenvalue weighted by molar-refractivity contribution is 6.09. The first-order chi connectivity index (χ1) is 23.8. The maximum absolute atomic E-state index is 6.53. The van der Waals surface area contributed by atoms with E-state index in [1.807, 2.05) is 24.3 Å². The van der Waals surface area contributed by atoms with Crippen LogP contribution in [0.1, 0.15) is 0 Å². The van der Waals surface area contributed by atoms with Crippen molar-refractivity contribution in [2.75, 3.05) is 4.90 Å². The molecule has 7 aromatic carbocycles. The van der Waals surface area contributed by atoms with E-state index in [9.17, 15) is 0 Å². The van der Waals surface area contributed by atoms with Gasteiger partial charge in [0, 0.05) is 39.5 Å². The number of nitrogens with zero attached hydrogens (tertiary/aromatic N) is 4. The number of rotatable bonds is 4. The summed E-state index contributed by atoms with van der Waals surface area (Å²) in [5.74, 6) is 2.46. The molecule has 5 heteroatoms. The van der Waals surface area contributed by atoms with Crippen molar-refractivity contribution in [2.24, 2.45) is 0 Å². The summed E-state index contributed by atoms with van der Waals surface area (Å²) in [6, 6.07) is 59.4. The van der Waals surface area contributed by atoms with E-state index in [4.69, 9.17) is 9.72 Å². The largest absolute Gasteiger partial charge is 0.453 e. The van der Waals surface area contributed by atoms with E-state index in [0.29, 0.717) is 0 Å². The van der Waals surface area contributed by atoms with E-state index in [-0.39, 0.29) is 0 Å². The third kappa shape index (κ3) is 4.01. The molecule has 10 rings (SSSR count). The highest BCUT2D eigenvalue weighted by Gasteiger charge is 2.28. The van der Waals surface area contributed by atoms with Gasteiger partial charge in [0.1, 0.15) is 5.82 Å². The number of para-hydroxylation sites is 6. The molecular weight excluding hydrogens is 589 g/mol. The molecular formula is C43H28N4O. The van der Waals surface area contributed by atoms with Crippen LogP contribution in [0.4, 0.5) is 17.1 Å². The van der Waals surface area contributed by atoms with E-state index in [2.05, 4.69) is 160 Å². The van der Waals surface area contributed by atoms with Crippen molar-refractivity contribution in [3.63, 3.8) is 0 Å². The molecule has 2 aromatic heterocycles. The molecule has 0 atom stereocenters. The average Bonchev–Trinajstić information content (AvgIpc) is 3.69. The minimum atomic E-state index is 0.774. The predicted octanol–water partition coefficient (Wildman–Crippen LogP) is 11.4. The monoisotopic (exact) mass is 616 g/mol. The van der Waals surface area contributed by atoms with Crippen LogP contribution < -0.4 is 9.64 Å². The molecule has 0 spiro atoms. The third-order valence-corrected chi connectivity index (χ3v) is 9.29. The van der Waals surface area contributed by atoms with Crippen LogP contribution in [0.3, 0.4) is 0 Å². The van der Waals surface area contributed by atoms with E-state index in [1.54, 1.807) is 0 Å². The van der Waals surface area contributed by atoms with Gasteiger partial charge in [0.2, 0.25) is 0 Å². The van der Waals surface area contributed by atoms with Crippen LogP contribution in [0.5, 0.6) is 11.5 Å². The first kappa shape index (κ1) is 26.6. The molecule has 0 aliphatic carbocycles. The maximum atomic E-state index is 6.53. The summed E-state index contributed by atoms with van der Waals surface area (Å²) < 4.78 is 11.1. The van der Waals surface area contributed by atoms with Gasteiger partial charge in [-0.25, -0.2) is 4.98 Å². The minimum absolute atomic E-state index is 0.774. The van der Waals surface area contributed by atoms with Crippen LogP contribution >= 0.6 is 0 Å². The van der Waals surface area contributed by atoms with Crippen LogP contribution in [0.2, 0.25) is 0 Å². The number of hydrogen-bond donors (Lipinski definition) is 0. The predicted molar refractivity (Wildman–Crippen MR) is 196 cm³/mol. The van der Waals surface area contributed by atoms with Gasteiger partial charge in [0.15, 0.2) is 11.5 Å². The van der Waals surface area contributed by atoms with Crippen LogP contribution in [-0.2, 0) is 0 Å². The van der Waals surface area contributed by atoms with Crippen molar-refractivity contribution in [1.29, 1.82) is 0 Å². The Morgan fingerprint density at radius 1 is 0.417 bits per heavy atom. The van der Waals surface area contributed by atoms with Gasteiger partial charge in [-0.1, -0.05) is 84.9 Å². The molecule has 48 heavy (non-hydrogen) atoms. The molecule has 1 aliphatic rings. The highest BCUT2D eigenvalue weighted by atomic mass is 16.5.